The zero-order valence-corrected chi connectivity index (χ0v) is 11.8. The highest BCUT2D eigenvalue weighted by Crippen LogP contribution is 2.29. The molecule has 1 aromatic rings. The maximum Gasteiger partial charge on any atom is 0.147 e. The predicted molar refractivity (Wildman–Crippen MR) is 76.1 cm³/mol. The molecule has 1 aliphatic carbocycles. The van der Waals surface area contributed by atoms with E-state index in [4.69, 9.17) is 16.3 Å². The number of ether oxygens (including phenoxy) is 1. The summed E-state index contributed by atoms with van der Waals surface area (Å²) < 4.78 is 5.40. The quantitative estimate of drug-likeness (QED) is 0.743. The monoisotopic (exact) mass is 265 g/mol. The van der Waals surface area contributed by atoms with Gasteiger partial charge in [-0.1, -0.05) is 43.0 Å². The van der Waals surface area contributed by atoms with Crippen LogP contribution in [0.2, 0.25) is 5.15 Å². The average Bonchev–Trinajstić information content (AvgIpc) is 2.37. The molecule has 0 unspecified atom stereocenters. The highest BCUT2D eigenvalue weighted by molar-refractivity contribution is 6.29. The molecule has 1 aliphatic rings. The summed E-state index contributed by atoms with van der Waals surface area (Å²) in [6.07, 6.45) is 11.1. The SMILES string of the molecule is COc1c(/C=C/C2CCCCC2)cc(Cl)nc1C. The Bertz CT molecular complexity index is 436. The van der Waals surface area contributed by atoms with Crippen molar-refractivity contribution in [1.82, 2.24) is 4.98 Å². The van der Waals surface area contributed by atoms with Gasteiger partial charge in [0.15, 0.2) is 0 Å². The van der Waals surface area contributed by atoms with Gasteiger partial charge in [-0.25, -0.2) is 4.98 Å². The highest BCUT2D eigenvalue weighted by atomic mass is 35.5. The fourth-order valence-electron chi connectivity index (χ4n) is 2.60. The van der Waals surface area contributed by atoms with E-state index in [1.54, 1.807) is 7.11 Å². The minimum atomic E-state index is 0.525. The predicted octanol–water partition coefficient (Wildman–Crippen LogP) is 4.65. The lowest BCUT2D eigenvalue weighted by Crippen LogP contribution is -2.02. The first-order chi connectivity index (χ1) is 8.70. The third-order valence-electron chi connectivity index (χ3n) is 3.54. The Hall–Kier alpha value is -1.02. The van der Waals surface area contributed by atoms with Crippen molar-refractivity contribution in [3.63, 3.8) is 0 Å². The van der Waals surface area contributed by atoms with Crippen LogP contribution in [0, 0.1) is 12.8 Å². The van der Waals surface area contributed by atoms with Crippen molar-refractivity contribution >= 4 is 17.7 Å². The van der Waals surface area contributed by atoms with E-state index in [0.717, 1.165) is 17.0 Å². The number of aryl methyl sites for hydroxylation is 1. The molecule has 0 radical (unpaired) electrons. The van der Waals surface area contributed by atoms with Crippen molar-refractivity contribution in [2.24, 2.45) is 5.92 Å². The number of aromatic nitrogens is 1. The summed E-state index contributed by atoms with van der Waals surface area (Å²) in [5, 5.41) is 0.525. The van der Waals surface area contributed by atoms with Crippen LogP contribution < -0.4 is 4.74 Å². The molecule has 98 valence electrons. The second kappa shape index (κ2) is 6.24. The van der Waals surface area contributed by atoms with Crippen LogP contribution in [0.3, 0.4) is 0 Å². The molecule has 18 heavy (non-hydrogen) atoms. The molecular weight excluding hydrogens is 246 g/mol. The van der Waals surface area contributed by atoms with Gasteiger partial charge in [0.2, 0.25) is 0 Å². The molecule has 0 aromatic carbocycles. The van der Waals surface area contributed by atoms with Gasteiger partial charge in [-0.05, 0) is 31.7 Å². The number of hydrogen-bond acceptors (Lipinski definition) is 2. The van der Waals surface area contributed by atoms with E-state index < -0.39 is 0 Å². The van der Waals surface area contributed by atoms with Crippen LogP contribution in [-0.4, -0.2) is 12.1 Å². The molecule has 0 saturated heterocycles. The second-order valence-electron chi connectivity index (χ2n) is 4.91. The molecule has 0 spiro atoms. The van der Waals surface area contributed by atoms with Crippen molar-refractivity contribution in [3.8, 4) is 5.75 Å². The first-order valence-corrected chi connectivity index (χ1v) is 6.98. The fourth-order valence-corrected chi connectivity index (χ4v) is 2.85. The molecule has 0 atom stereocenters. The largest absolute Gasteiger partial charge is 0.494 e. The van der Waals surface area contributed by atoms with Crippen LogP contribution in [0.15, 0.2) is 12.1 Å². The maximum absolute atomic E-state index is 6.00. The number of nitrogens with zero attached hydrogens (tertiary/aromatic N) is 1. The molecule has 1 aromatic heterocycles. The Kier molecular flexibility index (Phi) is 4.65. The zero-order valence-electron chi connectivity index (χ0n) is 11.1. The summed E-state index contributed by atoms with van der Waals surface area (Å²) in [7, 11) is 1.68. The molecule has 0 N–H and O–H groups in total. The number of allylic oxidation sites excluding steroid dienone is 1. The number of rotatable bonds is 3. The van der Waals surface area contributed by atoms with Crippen molar-refractivity contribution in [2.75, 3.05) is 7.11 Å². The lowest BCUT2D eigenvalue weighted by molar-refractivity contribution is 0.407. The number of pyridine rings is 1. The highest BCUT2D eigenvalue weighted by Gasteiger charge is 2.11. The van der Waals surface area contributed by atoms with Crippen molar-refractivity contribution < 1.29 is 4.74 Å². The van der Waals surface area contributed by atoms with Crippen LogP contribution in [0.5, 0.6) is 5.75 Å². The van der Waals surface area contributed by atoms with Crippen molar-refractivity contribution in [2.45, 2.75) is 39.0 Å². The van der Waals surface area contributed by atoms with Crippen LogP contribution in [-0.2, 0) is 0 Å². The molecule has 2 rings (SSSR count). The first kappa shape index (κ1) is 13.4. The van der Waals surface area contributed by atoms with Gasteiger partial charge >= 0.3 is 0 Å². The molecule has 1 saturated carbocycles. The summed E-state index contributed by atoms with van der Waals surface area (Å²) in [4.78, 5) is 4.21. The van der Waals surface area contributed by atoms with Crippen molar-refractivity contribution in [3.05, 3.63) is 28.6 Å². The van der Waals surface area contributed by atoms with E-state index in [1.165, 1.54) is 32.1 Å². The molecule has 1 fully saturated rings. The summed E-state index contributed by atoms with van der Waals surface area (Å²) in [5.74, 6) is 1.53. The summed E-state index contributed by atoms with van der Waals surface area (Å²) in [6, 6.07) is 1.87. The van der Waals surface area contributed by atoms with Crippen LogP contribution in [0.25, 0.3) is 6.08 Å². The van der Waals surface area contributed by atoms with Gasteiger partial charge in [-0.3, -0.25) is 0 Å². The van der Waals surface area contributed by atoms with Gasteiger partial charge in [0.1, 0.15) is 10.9 Å². The fraction of sp³-hybridized carbons (Fsp3) is 0.533. The van der Waals surface area contributed by atoms with Crippen LogP contribution in [0.4, 0.5) is 0 Å². The molecule has 0 aliphatic heterocycles. The number of halogens is 1. The summed E-state index contributed by atoms with van der Waals surface area (Å²) in [6.45, 7) is 1.92. The van der Waals surface area contributed by atoms with E-state index in [2.05, 4.69) is 17.1 Å². The van der Waals surface area contributed by atoms with Gasteiger partial charge in [0.25, 0.3) is 0 Å². The second-order valence-corrected chi connectivity index (χ2v) is 5.30. The number of hydrogen-bond donors (Lipinski definition) is 0. The molecule has 1 heterocycles. The Morgan fingerprint density at radius 3 is 2.72 bits per heavy atom. The Morgan fingerprint density at radius 2 is 2.06 bits per heavy atom. The maximum atomic E-state index is 6.00. The summed E-state index contributed by atoms with van der Waals surface area (Å²) >= 11 is 6.00. The van der Waals surface area contributed by atoms with E-state index in [9.17, 15) is 0 Å². The van der Waals surface area contributed by atoms with E-state index >= 15 is 0 Å². The number of methoxy groups -OCH3 is 1. The van der Waals surface area contributed by atoms with E-state index in [-0.39, 0.29) is 0 Å². The third kappa shape index (κ3) is 3.26. The lowest BCUT2D eigenvalue weighted by Gasteiger charge is -2.18. The van der Waals surface area contributed by atoms with Gasteiger partial charge in [0, 0.05) is 5.56 Å². The minimum Gasteiger partial charge on any atom is -0.494 e. The van der Waals surface area contributed by atoms with E-state index in [1.807, 2.05) is 13.0 Å². The van der Waals surface area contributed by atoms with E-state index in [0.29, 0.717) is 11.1 Å². The summed E-state index contributed by atoms with van der Waals surface area (Å²) in [5.41, 5.74) is 1.87. The van der Waals surface area contributed by atoms with Gasteiger partial charge in [0.05, 0.1) is 12.8 Å². The molecule has 0 amide bonds. The third-order valence-corrected chi connectivity index (χ3v) is 3.74. The van der Waals surface area contributed by atoms with Gasteiger partial charge < -0.3 is 4.74 Å². The molecule has 0 bridgehead atoms. The van der Waals surface area contributed by atoms with Crippen molar-refractivity contribution in [1.29, 1.82) is 0 Å². The minimum absolute atomic E-state index is 0.525. The molecular formula is C15H20ClNO. The normalized spacial score (nSPS) is 17.3. The molecule has 2 nitrogen and oxygen atoms in total. The lowest BCUT2D eigenvalue weighted by atomic mass is 9.89. The first-order valence-electron chi connectivity index (χ1n) is 6.60. The van der Waals surface area contributed by atoms with Crippen LogP contribution in [0.1, 0.15) is 43.4 Å². The average molecular weight is 266 g/mol. The smallest absolute Gasteiger partial charge is 0.147 e. The Balaban J connectivity index is 2.19. The Morgan fingerprint density at radius 1 is 1.33 bits per heavy atom. The van der Waals surface area contributed by atoms with Crippen LogP contribution >= 0.6 is 11.6 Å². The Labute approximate surface area is 114 Å². The topological polar surface area (TPSA) is 22.1 Å². The zero-order chi connectivity index (χ0) is 13.0. The van der Waals surface area contributed by atoms with Gasteiger partial charge in [-0.2, -0.15) is 0 Å². The van der Waals surface area contributed by atoms with Gasteiger partial charge in [-0.15, -0.1) is 0 Å². The molecule has 3 heteroatoms. The standard InChI is InChI=1S/C15H20ClNO/c1-11-15(18-2)13(10-14(16)17-11)9-8-12-6-4-3-5-7-12/h8-10,12H,3-7H2,1-2H3/b9-8+.